The highest BCUT2D eigenvalue weighted by Crippen LogP contribution is 2.51. The largest absolute Gasteiger partial charge is 0.299 e. The van der Waals surface area contributed by atoms with Gasteiger partial charge in [-0.05, 0) is 43.7 Å². The van der Waals surface area contributed by atoms with E-state index in [2.05, 4.69) is 10.6 Å². The molecule has 0 amide bonds. The summed E-state index contributed by atoms with van der Waals surface area (Å²) in [5.41, 5.74) is 0.703. The van der Waals surface area contributed by atoms with Gasteiger partial charge in [0.1, 0.15) is 5.78 Å². The summed E-state index contributed by atoms with van der Waals surface area (Å²) in [7, 11) is -3.77. The molecular weight excluding hydrogens is 346 g/mol. The average Bonchev–Trinajstić information content (AvgIpc) is 2.78. The first kappa shape index (κ1) is 18.7. The number of sulfonamides is 1. The van der Waals surface area contributed by atoms with Gasteiger partial charge < -0.3 is 0 Å². The molecular formula is C21H25NO3S. The maximum atomic E-state index is 13.0. The van der Waals surface area contributed by atoms with E-state index in [9.17, 15) is 13.2 Å². The van der Waals surface area contributed by atoms with Gasteiger partial charge >= 0.3 is 0 Å². The van der Waals surface area contributed by atoms with Crippen LogP contribution in [0.4, 0.5) is 0 Å². The van der Waals surface area contributed by atoms with Crippen molar-refractivity contribution in [2.45, 2.75) is 44.9 Å². The van der Waals surface area contributed by atoms with Crippen LogP contribution in [-0.2, 0) is 14.8 Å². The number of benzene rings is 1. The summed E-state index contributed by atoms with van der Waals surface area (Å²) in [5, 5.41) is 0. The molecule has 3 aliphatic rings. The Hall–Kier alpha value is -2.06. The van der Waals surface area contributed by atoms with Crippen LogP contribution >= 0.6 is 0 Å². The Morgan fingerprint density at radius 1 is 1.23 bits per heavy atom. The van der Waals surface area contributed by atoms with Crippen LogP contribution in [0.2, 0.25) is 0 Å². The lowest BCUT2D eigenvalue weighted by Crippen LogP contribution is -2.43. The average molecular weight is 372 g/mol. The standard InChI is InChI=1S/C21H25NO3S/c1-5-21(14(2)3)17-9-8-16(19(23)13-17)12-20(21)22-26(24,25)18-10-6-15(4)7-11-18/h1,6-7,10-12,14,16-17,22H,8-9,13H2,2-4H3/t16-,17-,21+/m1/s1. The summed E-state index contributed by atoms with van der Waals surface area (Å²) >= 11 is 0. The summed E-state index contributed by atoms with van der Waals surface area (Å²) in [6.07, 6.45) is 9.73. The van der Waals surface area contributed by atoms with Crippen molar-refractivity contribution < 1.29 is 13.2 Å². The second-order valence-electron chi connectivity index (χ2n) is 7.72. The summed E-state index contributed by atoms with van der Waals surface area (Å²) in [6.45, 7) is 5.90. The molecule has 4 nitrogen and oxygen atoms in total. The fraction of sp³-hybridized carbons (Fsp3) is 0.476. The molecule has 0 unspecified atom stereocenters. The van der Waals surface area contributed by atoms with Crippen molar-refractivity contribution in [2.24, 2.45) is 23.2 Å². The fourth-order valence-electron chi connectivity index (χ4n) is 4.35. The molecule has 1 fully saturated rings. The number of allylic oxidation sites excluding steroid dienone is 2. The number of nitrogens with one attached hydrogen (secondary N) is 1. The number of carbonyl (C=O) groups excluding carboxylic acids is 1. The molecule has 138 valence electrons. The number of hydrogen-bond acceptors (Lipinski definition) is 3. The minimum absolute atomic E-state index is 0.00844. The molecule has 0 radical (unpaired) electrons. The Morgan fingerprint density at radius 3 is 2.42 bits per heavy atom. The van der Waals surface area contributed by atoms with Crippen LogP contribution in [0.3, 0.4) is 0 Å². The Morgan fingerprint density at radius 2 is 1.88 bits per heavy atom. The van der Waals surface area contributed by atoms with E-state index in [0.717, 1.165) is 18.4 Å². The second kappa shape index (κ2) is 6.59. The molecule has 1 aromatic rings. The maximum absolute atomic E-state index is 13.0. The molecule has 0 aliphatic heterocycles. The van der Waals surface area contributed by atoms with E-state index < -0.39 is 15.4 Å². The van der Waals surface area contributed by atoms with E-state index in [4.69, 9.17) is 6.42 Å². The lowest BCUT2D eigenvalue weighted by molar-refractivity contribution is -0.125. The van der Waals surface area contributed by atoms with Crippen molar-refractivity contribution >= 4 is 15.8 Å². The van der Waals surface area contributed by atoms with Gasteiger partial charge in [-0.3, -0.25) is 9.52 Å². The van der Waals surface area contributed by atoms with Crippen molar-refractivity contribution in [3.05, 3.63) is 41.6 Å². The minimum Gasteiger partial charge on any atom is -0.299 e. The molecule has 2 bridgehead atoms. The van der Waals surface area contributed by atoms with Gasteiger partial charge in [-0.25, -0.2) is 8.42 Å². The van der Waals surface area contributed by atoms with Gasteiger partial charge in [0, 0.05) is 18.0 Å². The molecule has 3 aliphatic carbocycles. The molecule has 0 heterocycles. The number of aryl methyl sites for hydroxylation is 1. The van der Waals surface area contributed by atoms with E-state index >= 15 is 0 Å². The third kappa shape index (κ3) is 2.97. The number of fused-ring (bicyclic) bond motifs is 3. The Kier molecular flexibility index (Phi) is 4.74. The first-order valence-electron chi connectivity index (χ1n) is 9.03. The monoisotopic (exact) mass is 371 g/mol. The Balaban J connectivity index is 2.08. The Labute approximate surface area is 156 Å². The molecule has 3 atom stereocenters. The SMILES string of the molecule is C#C[C@@]1(C(C)C)C(NS(=O)(=O)c2ccc(C)cc2)=C[C@H]2CC[C@@H]1CC2=O. The molecule has 26 heavy (non-hydrogen) atoms. The van der Waals surface area contributed by atoms with Gasteiger partial charge in [-0.15, -0.1) is 6.42 Å². The number of terminal acetylenes is 1. The minimum atomic E-state index is -3.77. The lowest BCUT2D eigenvalue weighted by Gasteiger charge is -2.41. The van der Waals surface area contributed by atoms with Crippen molar-refractivity contribution in [3.63, 3.8) is 0 Å². The lowest BCUT2D eigenvalue weighted by atomic mass is 9.63. The predicted molar refractivity (Wildman–Crippen MR) is 102 cm³/mol. The molecule has 0 saturated heterocycles. The number of Topliss-reactive ketones (excluding diaryl/α,β-unsaturated/α-hetero) is 1. The van der Waals surface area contributed by atoms with Crippen molar-refractivity contribution in [1.29, 1.82) is 0 Å². The number of ketones is 1. The van der Waals surface area contributed by atoms with Crippen LogP contribution in [0, 0.1) is 42.4 Å². The van der Waals surface area contributed by atoms with E-state index in [1.54, 1.807) is 30.3 Å². The van der Waals surface area contributed by atoms with Crippen molar-refractivity contribution in [2.75, 3.05) is 0 Å². The molecule has 1 aromatic carbocycles. The van der Waals surface area contributed by atoms with E-state index in [1.165, 1.54) is 0 Å². The third-order valence-corrected chi connectivity index (χ3v) is 7.25. The molecule has 0 spiro atoms. The van der Waals surface area contributed by atoms with E-state index in [-0.39, 0.29) is 28.4 Å². The first-order valence-corrected chi connectivity index (χ1v) is 10.5. The second-order valence-corrected chi connectivity index (χ2v) is 9.40. The quantitative estimate of drug-likeness (QED) is 0.825. The summed E-state index contributed by atoms with van der Waals surface area (Å²) in [5.74, 6) is 2.77. The topological polar surface area (TPSA) is 63.2 Å². The van der Waals surface area contributed by atoms with Crippen LogP contribution in [0.15, 0.2) is 40.9 Å². The van der Waals surface area contributed by atoms with E-state index in [1.807, 2.05) is 20.8 Å². The number of carbonyl (C=O) groups is 1. The van der Waals surface area contributed by atoms with E-state index in [0.29, 0.717) is 12.1 Å². The van der Waals surface area contributed by atoms with Crippen LogP contribution in [-0.4, -0.2) is 14.2 Å². The third-order valence-electron chi connectivity index (χ3n) is 5.87. The summed E-state index contributed by atoms with van der Waals surface area (Å²) < 4.78 is 28.7. The van der Waals surface area contributed by atoms with Crippen molar-refractivity contribution in [3.8, 4) is 12.3 Å². The van der Waals surface area contributed by atoms with Crippen LogP contribution in [0.5, 0.6) is 0 Å². The summed E-state index contributed by atoms with van der Waals surface area (Å²) in [6, 6.07) is 6.70. The number of rotatable bonds is 4. The van der Waals surface area contributed by atoms with Gasteiger partial charge in [0.05, 0.1) is 10.3 Å². The molecule has 1 N–H and O–H groups in total. The zero-order valence-electron chi connectivity index (χ0n) is 15.5. The van der Waals surface area contributed by atoms with Gasteiger partial charge in [-0.1, -0.05) is 43.5 Å². The van der Waals surface area contributed by atoms with Crippen LogP contribution in [0.1, 0.15) is 38.7 Å². The van der Waals surface area contributed by atoms with Gasteiger partial charge in [0.2, 0.25) is 0 Å². The maximum Gasteiger partial charge on any atom is 0.261 e. The van der Waals surface area contributed by atoms with Gasteiger partial charge in [0.15, 0.2) is 0 Å². The predicted octanol–water partition coefficient (Wildman–Crippen LogP) is 3.43. The number of hydrogen-bond donors (Lipinski definition) is 1. The summed E-state index contributed by atoms with van der Waals surface area (Å²) in [4.78, 5) is 12.6. The smallest absolute Gasteiger partial charge is 0.261 e. The zero-order valence-corrected chi connectivity index (χ0v) is 16.3. The molecule has 1 saturated carbocycles. The van der Waals surface area contributed by atoms with Gasteiger partial charge in [-0.2, -0.15) is 0 Å². The molecule has 0 aromatic heterocycles. The van der Waals surface area contributed by atoms with Gasteiger partial charge in [0.25, 0.3) is 10.0 Å². The Bertz CT molecular complexity index is 890. The molecule has 4 rings (SSSR count). The normalized spacial score (nSPS) is 28.4. The molecule has 5 heteroatoms. The first-order chi connectivity index (χ1) is 12.2. The van der Waals surface area contributed by atoms with Crippen molar-refractivity contribution in [1.82, 2.24) is 4.72 Å². The zero-order chi connectivity index (χ0) is 19.1. The highest BCUT2D eigenvalue weighted by molar-refractivity contribution is 7.89. The highest BCUT2D eigenvalue weighted by atomic mass is 32.2. The highest BCUT2D eigenvalue weighted by Gasteiger charge is 2.50. The van der Waals surface area contributed by atoms with Crippen LogP contribution < -0.4 is 4.72 Å². The fourth-order valence-corrected chi connectivity index (χ4v) is 5.48. The van der Waals surface area contributed by atoms with Crippen LogP contribution in [0.25, 0.3) is 0 Å².